The first-order valence-electron chi connectivity index (χ1n) is 4.88. The molecule has 0 atom stereocenters. The lowest BCUT2D eigenvalue weighted by Gasteiger charge is -2.01. The molecule has 1 aromatic heterocycles. The highest BCUT2D eigenvalue weighted by molar-refractivity contribution is 6.32. The van der Waals surface area contributed by atoms with Gasteiger partial charge in [0, 0.05) is 6.54 Å². The number of carbonyl (C=O) groups excluding carboxylic acids is 1. The molecule has 0 saturated carbocycles. The summed E-state index contributed by atoms with van der Waals surface area (Å²) >= 11 is 5.58. The SMILES string of the molecule is NCCCNC(=O)Cn1cc(Cl)c([N+](=O)[O-])n1. The molecule has 0 saturated heterocycles. The summed E-state index contributed by atoms with van der Waals surface area (Å²) in [6.07, 6.45) is 1.91. The molecule has 0 aromatic carbocycles. The first kappa shape index (κ1) is 13.4. The smallest absolute Gasteiger partial charge is 0.358 e. The van der Waals surface area contributed by atoms with Gasteiger partial charge in [-0.3, -0.25) is 4.79 Å². The van der Waals surface area contributed by atoms with E-state index in [1.165, 1.54) is 6.20 Å². The van der Waals surface area contributed by atoms with E-state index >= 15 is 0 Å². The predicted octanol–water partition coefficient (Wildman–Crippen LogP) is -0.0903. The topological polar surface area (TPSA) is 116 Å². The molecule has 0 aliphatic carbocycles. The minimum Gasteiger partial charge on any atom is -0.358 e. The molecule has 0 aliphatic rings. The standard InChI is InChI=1S/C8H12ClN5O3/c9-6-4-13(12-8(6)14(16)17)5-7(15)11-3-1-2-10/h4H,1-3,5,10H2,(H,11,15). The summed E-state index contributed by atoms with van der Waals surface area (Å²) in [6, 6.07) is 0. The van der Waals surface area contributed by atoms with Crippen molar-refractivity contribution in [2.24, 2.45) is 5.73 Å². The van der Waals surface area contributed by atoms with Crippen LogP contribution in [-0.4, -0.2) is 33.7 Å². The summed E-state index contributed by atoms with van der Waals surface area (Å²) in [5.74, 6) is -0.756. The minimum absolute atomic E-state index is 0.0928. The second-order valence-electron chi connectivity index (χ2n) is 3.25. The summed E-state index contributed by atoms with van der Waals surface area (Å²) < 4.78 is 1.12. The maximum absolute atomic E-state index is 11.4. The Bertz CT molecular complexity index is 419. The van der Waals surface area contributed by atoms with E-state index in [-0.39, 0.29) is 17.5 Å². The third kappa shape index (κ3) is 4.00. The summed E-state index contributed by atoms with van der Waals surface area (Å²) in [7, 11) is 0. The first-order valence-corrected chi connectivity index (χ1v) is 5.26. The van der Waals surface area contributed by atoms with Crippen molar-refractivity contribution in [2.45, 2.75) is 13.0 Å². The summed E-state index contributed by atoms with van der Waals surface area (Å²) in [5, 5.41) is 16.5. The van der Waals surface area contributed by atoms with E-state index < -0.39 is 10.7 Å². The maximum atomic E-state index is 11.4. The van der Waals surface area contributed by atoms with Crippen LogP contribution in [-0.2, 0) is 11.3 Å². The van der Waals surface area contributed by atoms with Gasteiger partial charge >= 0.3 is 5.82 Å². The molecular weight excluding hydrogens is 250 g/mol. The van der Waals surface area contributed by atoms with Gasteiger partial charge in [-0.15, -0.1) is 0 Å². The van der Waals surface area contributed by atoms with Gasteiger partial charge in [-0.05, 0) is 17.9 Å². The van der Waals surface area contributed by atoms with Crippen LogP contribution in [0.2, 0.25) is 5.02 Å². The monoisotopic (exact) mass is 261 g/mol. The van der Waals surface area contributed by atoms with Crippen LogP contribution in [0.5, 0.6) is 0 Å². The number of hydrogen-bond donors (Lipinski definition) is 2. The van der Waals surface area contributed by atoms with Crippen LogP contribution in [0.3, 0.4) is 0 Å². The molecule has 0 unspecified atom stereocenters. The maximum Gasteiger partial charge on any atom is 0.408 e. The van der Waals surface area contributed by atoms with Crippen LogP contribution >= 0.6 is 11.6 Å². The van der Waals surface area contributed by atoms with Crippen LogP contribution in [0, 0.1) is 10.1 Å². The van der Waals surface area contributed by atoms with E-state index in [2.05, 4.69) is 10.4 Å². The van der Waals surface area contributed by atoms with Crippen LogP contribution in [0.1, 0.15) is 6.42 Å². The van der Waals surface area contributed by atoms with Crippen molar-refractivity contribution < 1.29 is 9.72 Å². The molecule has 0 radical (unpaired) electrons. The minimum atomic E-state index is -0.703. The Morgan fingerprint density at radius 1 is 1.71 bits per heavy atom. The van der Waals surface area contributed by atoms with E-state index in [1.54, 1.807) is 0 Å². The largest absolute Gasteiger partial charge is 0.408 e. The van der Waals surface area contributed by atoms with Crippen molar-refractivity contribution in [3.05, 3.63) is 21.3 Å². The van der Waals surface area contributed by atoms with E-state index in [4.69, 9.17) is 17.3 Å². The van der Waals surface area contributed by atoms with Gasteiger partial charge in [0.2, 0.25) is 5.91 Å². The van der Waals surface area contributed by atoms with Gasteiger partial charge in [-0.1, -0.05) is 11.6 Å². The fourth-order valence-corrected chi connectivity index (χ4v) is 1.34. The van der Waals surface area contributed by atoms with Crippen molar-refractivity contribution in [1.82, 2.24) is 15.1 Å². The fraction of sp³-hybridized carbons (Fsp3) is 0.500. The lowest BCUT2D eigenvalue weighted by Crippen LogP contribution is -2.29. The van der Waals surface area contributed by atoms with E-state index in [9.17, 15) is 14.9 Å². The lowest BCUT2D eigenvalue weighted by atomic mass is 10.4. The second-order valence-corrected chi connectivity index (χ2v) is 3.65. The fourth-order valence-electron chi connectivity index (χ4n) is 1.12. The van der Waals surface area contributed by atoms with Crippen LogP contribution < -0.4 is 11.1 Å². The Balaban J connectivity index is 2.54. The molecule has 9 heteroatoms. The highest BCUT2D eigenvalue weighted by Gasteiger charge is 2.19. The molecule has 3 N–H and O–H groups in total. The highest BCUT2D eigenvalue weighted by Crippen LogP contribution is 2.20. The van der Waals surface area contributed by atoms with Crippen LogP contribution in [0.15, 0.2) is 6.20 Å². The number of amides is 1. The van der Waals surface area contributed by atoms with E-state index in [0.29, 0.717) is 19.5 Å². The molecule has 0 aliphatic heterocycles. The third-order valence-electron chi connectivity index (χ3n) is 1.88. The molecular formula is C8H12ClN5O3. The number of halogens is 1. The van der Waals surface area contributed by atoms with Gasteiger partial charge in [-0.2, -0.15) is 4.68 Å². The predicted molar refractivity (Wildman–Crippen MR) is 60.6 cm³/mol. The molecule has 1 rings (SSSR count). The zero-order chi connectivity index (χ0) is 12.8. The average Bonchev–Trinajstić information content (AvgIpc) is 2.60. The Kier molecular flexibility index (Phi) is 4.85. The second kappa shape index (κ2) is 6.16. The Morgan fingerprint density at radius 2 is 2.41 bits per heavy atom. The van der Waals surface area contributed by atoms with Gasteiger partial charge in [0.15, 0.2) is 5.02 Å². The number of nitrogens with one attached hydrogen (secondary N) is 1. The molecule has 0 spiro atoms. The Labute approximate surface area is 102 Å². The molecule has 1 aromatic rings. The number of carbonyl (C=O) groups is 1. The summed E-state index contributed by atoms with van der Waals surface area (Å²) in [4.78, 5) is 21.1. The molecule has 8 nitrogen and oxygen atoms in total. The normalized spacial score (nSPS) is 10.2. The van der Waals surface area contributed by atoms with Crippen LogP contribution in [0.25, 0.3) is 0 Å². The zero-order valence-electron chi connectivity index (χ0n) is 8.93. The van der Waals surface area contributed by atoms with Gasteiger partial charge < -0.3 is 21.2 Å². The number of rotatable bonds is 6. The number of hydrogen-bond acceptors (Lipinski definition) is 5. The van der Waals surface area contributed by atoms with Crippen molar-refractivity contribution in [1.29, 1.82) is 0 Å². The van der Waals surface area contributed by atoms with Crippen LogP contribution in [0.4, 0.5) is 5.82 Å². The van der Waals surface area contributed by atoms with Crippen molar-refractivity contribution in [3.63, 3.8) is 0 Å². The number of nitrogens with zero attached hydrogens (tertiary/aromatic N) is 3. The van der Waals surface area contributed by atoms with Crippen molar-refractivity contribution in [2.75, 3.05) is 13.1 Å². The average molecular weight is 262 g/mol. The Hall–Kier alpha value is -1.67. The van der Waals surface area contributed by atoms with Crippen molar-refractivity contribution >= 4 is 23.3 Å². The van der Waals surface area contributed by atoms with Gasteiger partial charge in [0.25, 0.3) is 0 Å². The van der Waals surface area contributed by atoms with Gasteiger partial charge in [0.1, 0.15) is 6.54 Å². The van der Waals surface area contributed by atoms with E-state index in [0.717, 1.165) is 4.68 Å². The zero-order valence-corrected chi connectivity index (χ0v) is 9.68. The Morgan fingerprint density at radius 3 is 2.94 bits per heavy atom. The quantitative estimate of drug-likeness (QED) is 0.422. The molecule has 94 valence electrons. The first-order chi connectivity index (χ1) is 8.04. The third-order valence-corrected chi connectivity index (χ3v) is 2.15. The highest BCUT2D eigenvalue weighted by atomic mass is 35.5. The molecule has 1 amide bonds. The van der Waals surface area contributed by atoms with Gasteiger partial charge in [-0.25, -0.2) is 0 Å². The lowest BCUT2D eigenvalue weighted by molar-refractivity contribution is -0.389. The van der Waals surface area contributed by atoms with E-state index in [1.807, 2.05) is 0 Å². The number of nitrogens with two attached hydrogens (primary N) is 1. The number of aromatic nitrogens is 2. The molecule has 0 fully saturated rings. The molecule has 0 bridgehead atoms. The summed E-state index contributed by atoms with van der Waals surface area (Å²) in [5.41, 5.74) is 5.26. The number of nitro groups is 1. The molecule has 17 heavy (non-hydrogen) atoms. The van der Waals surface area contributed by atoms with Crippen molar-refractivity contribution in [3.8, 4) is 0 Å². The molecule has 1 heterocycles. The summed E-state index contributed by atoms with van der Waals surface area (Å²) in [6.45, 7) is 0.837. The van der Waals surface area contributed by atoms with Gasteiger partial charge in [0.05, 0.1) is 11.3 Å².